The predicted octanol–water partition coefficient (Wildman–Crippen LogP) is 4.47. The third-order valence-electron chi connectivity index (χ3n) is 2.60. The molecule has 2 aromatic carbocycles. The number of alkyl halides is 1. The molecule has 0 saturated carbocycles. The van der Waals surface area contributed by atoms with Gasteiger partial charge in [0.05, 0.1) is 0 Å². The van der Waals surface area contributed by atoms with E-state index in [1.165, 1.54) is 16.7 Å². The molecule has 0 aromatic heterocycles. The van der Waals surface area contributed by atoms with Crippen LogP contribution in [0.4, 0.5) is 0 Å². The van der Waals surface area contributed by atoms with Crippen LogP contribution in [0.1, 0.15) is 16.7 Å². The molecule has 0 atom stereocenters. The summed E-state index contributed by atoms with van der Waals surface area (Å²) in [4.78, 5) is 0. The number of hydrogen-bond donors (Lipinski definition) is 0. The zero-order chi connectivity index (χ0) is 12.1. The van der Waals surface area contributed by atoms with Gasteiger partial charge in [0.2, 0.25) is 0 Å². The number of ether oxygens (including phenoxy) is 1. The predicted molar refractivity (Wildman–Crippen MR) is 74.6 cm³/mol. The molecule has 0 amide bonds. The normalized spacial score (nSPS) is 10.2. The molecule has 0 saturated heterocycles. The maximum atomic E-state index is 5.84. The molecule has 0 fully saturated rings. The summed E-state index contributed by atoms with van der Waals surface area (Å²) in [6, 6.07) is 16.5. The van der Waals surface area contributed by atoms with E-state index in [0.717, 1.165) is 11.1 Å². The first-order chi connectivity index (χ1) is 8.29. The average Bonchev–Trinajstić information content (AvgIpc) is 2.38. The van der Waals surface area contributed by atoms with E-state index >= 15 is 0 Å². The first-order valence-electron chi connectivity index (χ1n) is 5.62. The van der Waals surface area contributed by atoms with Crippen molar-refractivity contribution in [3.8, 4) is 5.75 Å². The smallest absolute Gasteiger partial charge is 0.123 e. The molecule has 17 heavy (non-hydrogen) atoms. The first kappa shape index (κ1) is 12.2. The van der Waals surface area contributed by atoms with E-state index in [-0.39, 0.29) is 0 Å². The van der Waals surface area contributed by atoms with Crippen LogP contribution in [0.2, 0.25) is 0 Å². The van der Waals surface area contributed by atoms with Crippen molar-refractivity contribution in [2.75, 3.05) is 0 Å². The zero-order valence-electron chi connectivity index (χ0n) is 9.82. The summed E-state index contributed by atoms with van der Waals surface area (Å²) in [5.41, 5.74) is 3.64. The van der Waals surface area contributed by atoms with Crippen LogP contribution >= 0.6 is 15.9 Å². The minimum absolute atomic E-state index is 0.615. The van der Waals surface area contributed by atoms with Crippen molar-refractivity contribution in [2.24, 2.45) is 0 Å². The summed E-state index contributed by atoms with van der Waals surface area (Å²) >= 11 is 3.49. The minimum Gasteiger partial charge on any atom is -0.489 e. The van der Waals surface area contributed by atoms with E-state index in [9.17, 15) is 0 Å². The molecule has 0 aliphatic carbocycles. The molecule has 2 aromatic rings. The lowest BCUT2D eigenvalue weighted by Gasteiger charge is -2.10. The van der Waals surface area contributed by atoms with Gasteiger partial charge in [-0.2, -0.15) is 0 Å². The van der Waals surface area contributed by atoms with Gasteiger partial charge < -0.3 is 4.74 Å². The Hall–Kier alpha value is -1.28. The van der Waals surface area contributed by atoms with Crippen LogP contribution in [0.3, 0.4) is 0 Å². The minimum atomic E-state index is 0.615. The molecule has 0 unspecified atom stereocenters. The van der Waals surface area contributed by atoms with Gasteiger partial charge in [-0.3, -0.25) is 0 Å². The summed E-state index contributed by atoms with van der Waals surface area (Å²) in [5.74, 6) is 0.955. The van der Waals surface area contributed by atoms with E-state index in [0.29, 0.717) is 6.61 Å². The van der Waals surface area contributed by atoms with Gasteiger partial charge in [-0.05, 0) is 18.6 Å². The molecule has 2 rings (SSSR count). The van der Waals surface area contributed by atoms with Crippen molar-refractivity contribution < 1.29 is 4.74 Å². The fourth-order valence-corrected chi connectivity index (χ4v) is 2.13. The van der Waals surface area contributed by atoms with Crippen LogP contribution in [0.15, 0.2) is 48.5 Å². The van der Waals surface area contributed by atoms with Crippen molar-refractivity contribution in [1.29, 1.82) is 0 Å². The molecule has 0 heterocycles. The molecule has 0 radical (unpaired) electrons. The highest BCUT2D eigenvalue weighted by molar-refractivity contribution is 9.08. The molecule has 0 aliphatic rings. The quantitative estimate of drug-likeness (QED) is 0.755. The number of hydrogen-bond acceptors (Lipinski definition) is 1. The summed E-state index contributed by atoms with van der Waals surface area (Å²) in [6.07, 6.45) is 0. The third kappa shape index (κ3) is 3.34. The van der Waals surface area contributed by atoms with E-state index in [1.54, 1.807) is 0 Å². The van der Waals surface area contributed by atoms with Gasteiger partial charge >= 0.3 is 0 Å². The Kier molecular flexibility index (Phi) is 4.21. The Morgan fingerprint density at radius 2 is 1.82 bits per heavy atom. The third-order valence-corrected chi connectivity index (χ3v) is 3.20. The summed E-state index contributed by atoms with van der Waals surface area (Å²) in [7, 11) is 0. The Labute approximate surface area is 111 Å². The van der Waals surface area contributed by atoms with E-state index in [1.807, 2.05) is 24.3 Å². The highest BCUT2D eigenvalue weighted by Crippen LogP contribution is 2.23. The molecular formula is C15H15BrO. The van der Waals surface area contributed by atoms with Gasteiger partial charge in [-0.25, -0.2) is 0 Å². The van der Waals surface area contributed by atoms with Crippen molar-refractivity contribution in [1.82, 2.24) is 0 Å². The maximum Gasteiger partial charge on any atom is 0.123 e. The molecule has 88 valence electrons. The second kappa shape index (κ2) is 5.87. The largest absolute Gasteiger partial charge is 0.489 e. The molecule has 1 nitrogen and oxygen atoms in total. The van der Waals surface area contributed by atoms with Crippen molar-refractivity contribution in [3.63, 3.8) is 0 Å². The van der Waals surface area contributed by atoms with Crippen LogP contribution in [0.25, 0.3) is 0 Å². The Morgan fingerprint density at radius 1 is 1.06 bits per heavy atom. The standard InChI is InChI=1S/C15H15BrO/c1-12-7-8-15(14(9-12)10-16)17-11-13-5-3-2-4-6-13/h2-9H,10-11H2,1H3. The number of halogens is 1. The van der Waals surface area contributed by atoms with Crippen LogP contribution in [0, 0.1) is 6.92 Å². The van der Waals surface area contributed by atoms with Crippen molar-refractivity contribution in [2.45, 2.75) is 18.9 Å². The van der Waals surface area contributed by atoms with Gasteiger partial charge in [0, 0.05) is 10.9 Å². The van der Waals surface area contributed by atoms with Gasteiger partial charge in [-0.1, -0.05) is 64.0 Å². The number of aryl methyl sites for hydroxylation is 1. The van der Waals surface area contributed by atoms with Crippen molar-refractivity contribution in [3.05, 3.63) is 65.2 Å². The molecular weight excluding hydrogens is 276 g/mol. The summed E-state index contributed by atoms with van der Waals surface area (Å²) < 4.78 is 5.84. The second-order valence-corrected chi connectivity index (χ2v) is 4.58. The highest BCUT2D eigenvalue weighted by Gasteiger charge is 2.03. The second-order valence-electron chi connectivity index (χ2n) is 4.02. The molecule has 0 spiro atoms. The van der Waals surface area contributed by atoms with Gasteiger partial charge in [0.25, 0.3) is 0 Å². The first-order valence-corrected chi connectivity index (χ1v) is 6.74. The number of rotatable bonds is 4. The Bertz CT molecular complexity index is 480. The van der Waals surface area contributed by atoms with Gasteiger partial charge in [-0.15, -0.1) is 0 Å². The molecule has 2 heteroatoms. The van der Waals surface area contributed by atoms with Gasteiger partial charge in [0.15, 0.2) is 0 Å². The van der Waals surface area contributed by atoms with Gasteiger partial charge in [0.1, 0.15) is 12.4 Å². The topological polar surface area (TPSA) is 9.23 Å². The molecule has 0 bridgehead atoms. The SMILES string of the molecule is Cc1ccc(OCc2ccccc2)c(CBr)c1. The van der Waals surface area contributed by atoms with Crippen molar-refractivity contribution >= 4 is 15.9 Å². The Balaban J connectivity index is 2.09. The highest BCUT2D eigenvalue weighted by atomic mass is 79.9. The lowest BCUT2D eigenvalue weighted by Crippen LogP contribution is -1.97. The summed E-state index contributed by atoms with van der Waals surface area (Å²) in [5, 5.41) is 0.818. The summed E-state index contributed by atoms with van der Waals surface area (Å²) in [6.45, 7) is 2.71. The Morgan fingerprint density at radius 3 is 2.53 bits per heavy atom. The number of benzene rings is 2. The van der Waals surface area contributed by atoms with Crippen LogP contribution in [-0.2, 0) is 11.9 Å². The lowest BCUT2D eigenvalue weighted by atomic mass is 10.1. The van der Waals surface area contributed by atoms with Crippen LogP contribution < -0.4 is 4.74 Å². The van der Waals surface area contributed by atoms with E-state index in [2.05, 4.69) is 47.1 Å². The average molecular weight is 291 g/mol. The fourth-order valence-electron chi connectivity index (χ4n) is 1.69. The lowest BCUT2D eigenvalue weighted by molar-refractivity contribution is 0.304. The van der Waals surface area contributed by atoms with Crippen LogP contribution in [0.5, 0.6) is 5.75 Å². The monoisotopic (exact) mass is 290 g/mol. The molecule has 0 N–H and O–H groups in total. The zero-order valence-corrected chi connectivity index (χ0v) is 11.4. The van der Waals surface area contributed by atoms with E-state index in [4.69, 9.17) is 4.74 Å². The maximum absolute atomic E-state index is 5.84. The van der Waals surface area contributed by atoms with E-state index < -0.39 is 0 Å². The molecule has 0 aliphatic heterocycles. The van der Waals surface area contributed by atoms with Crippen LogP contribution in [-0.4, -0.2) is 0 Å². The fraction of sp³-hybridized carbons (Fsp3) is 0.200.